The molecule has 0 aromatic heterocycles. The molecule has 0 saturated carbocycles. The van der Waals surface area contributed by atoms with Crippen LogP contribution >= 0.6 is 0 Å². The van der Waals surface area contributed by atoms with Crippen molar-refractivity contribution in [1.29, 1.82) is 0 Å². The second kappa shape index (κ2) is 5.96. The van der Waals surface area contributed by atoms with Crippen molar-refractivity contribution in [1.82, 2.24) is 5.32 Å². The molecule has 2 aliphatic heterocycles. The zero-order valence-electron chi connectivity index (χ0n) is 12.1. The quantitative estimate of drug-likeness (QED) is 0.874. The summed E-state index contributed by atoms with van der Waals surface area (Å²) < 4.78 is 0. The number of hydrogen-bond donors (Lipinski definition) is 1. The van der Waals surface area contributed by atoms with E-state index in [1.165, 1.54) is 63.0 Å². The van der Waals surface area contributed by atoms with E-state index in [9.17, 15) is 0 Å². The minimum Gasteiger partial charge on any atom is -0.371 e. The van der Waals surface area contributed by atoms with Gasteiger partial charge in [0.25, 0.3) is 0 Å². The molecule has 1 atom stereocenters. The third-order valence-electron chi connectivity index (χ3n) is 4.62. The van der Waals surface area contributed by atoms with Gasteiger partial charge in [-0.3, -0.25) is 0 Å². The van der Waals surface area contributed by atoms with Crippen LogP contribution in [0.2, 0.25) is 0 Å². The van der Waals surface area contributed by atoms with Crippen molar-refractivity contribution in [3.8, 4) is 0 Å². The van der Waals surface area contributed by atoms with E-state index in [1.54, 1.807) is 5.56 Å². The predicted molar refractivity (Wildman–Crippen MR) is 82.1 cm³/mol. The molecule has 2 fully saturated rings. The number of aryl methyl sites for hydroxylation is 1. The molecule has 0 aliphatic carbocycles. The smallest absolute Gasteiger partial charge is 0.0402 e. The molecular weight excluding hydrogens is 232 g/mol. The van der Waals surface area contributed by atoms with E-state index in [1.807, 2.05) is 0 Å². The third-order valence-corrected chi connectivity index (χ3v) is 4.62. The average molecular weight is 258 g/mol. The van der Waals surface area contributed by atoms with Gasteiger partial charge < -0.3 is 10.2 Å². The van der Waals surface area contributed by atoms with Gasteiger partial charge in [0.15, 0.2) is 0 Å². The molecule has 2 heterocycles. The highest BCUT2D eigenvalue weighted by molar-refractivity contribution is 5.57. The first-order chi connectivity index (χ1) is 9.34. The molecule has 0 spiro atoms. The lowest BCUT2D eigenvalue weighted by Gasteiger charge is -2.34. The van der Waals surface area contributed by atoms with Gasteiger partial charge in [-0.05, 0) is 63.1 Å². The lowest BCUT2D eigenvalue weighted by Crippen LogP contribution is -2.33. The van der Waals surface area contributed by atoms with Crippen molar-refractivity contribution in [3.63, 3.8) is 0 Å². The Balaban J connectivity index is 1.88. The molecule has 104 valence electrons. The summed E-state index contributed by atoms with van der Waals surface area (Å²) >= 11 is 0. The van der Waals surface area contributed by atoms with E-state index in [2.05, 4.69) is 35.3 Å². The van der Waals surface area contributed by atoms with Crippen molar-refractivity contribution in [3.05, 3.63) is 29.3 Å². The lowest BCUT2D eigenvalue weighted by atomic mass is 9.88. The van der Waals surface area contributed by atoms with Crippen LogP contribution < -0.4 is 10.2 Å². The van der Waals surface area contributed by atoms with Crippen LogP contribution in [0.3, 0.4) is 0 Å². The number of anilines is 1. The first-order valence-electron chi connectivity index (χ1n) is 7.91. The molecule has 1 unspecified atom stereocenters. The van der Waals surface area contributed by atoms with Gasteiger partial charge in [0.2, 0.25) is 0 Å². The van der Waals surface area contributed by atoms with Crippen LogP contribution in [-0.2, 0) is 0 Å². The molecule has 0 radical (unpaired) electrons. The van der Waals surface area contributed by atoms with Crippen molar-refractivity contribution < 1.29 is 0 Å². The molecule has 0 bridgehead atoms. The number of hydrogen-bond acceptors (Lipinski definition) is 2. The Hall–Kier alpha value is -1.02. The van der Waals surface area contributed by atoms with Crippen LogP contribution in [0.1, 0.15) is 49.1 Å². The van der Waals surface area contributed by atoms with Crippen molar-refractivity contribution in [2.45, 2.75) is 44.9 Å². The molecule has 1 aromatic rings. The molecule has 2 heteroatoms. The lowest BCUT2D eigenvalue weighted by molar-refractivity contribution is 0.460. The van der Waals surface area contributed by atoms with Gasteiger partial charge in [-0.25, -0.2) is 0 Å². The average Bonchev–Trinajstić information content (AvgIpc) is 2.49. The molecule has 0 amide bonds. The number of rotatable bonds is 2. The first-order valence-corrected chi connectivity index (χ1v) is 7.91. The third kappa shape index (κ3) is 2.94. The van der Waals surface area contributed by atoms with E-state index in [4.69, 9.17) is 0 Å². The maximum atomic E-state index is 3.56. The Morgan fingerprint density at radius 1 is 1.11 bits per heavy atom. The molecule has 3 rings (SSSR count). The van der Waals surface area contributed by atoms with E-state index < -0.39 is 0 Å². The maximum Gasteiger partial charge on any atom is 0.0402 e. The van der Waals surface area contributed by atoms with Crippen LogP contribution in [0.15, 0.2) is 18.2 Å². The van der Waals surface area contributed by atoms with Gasteiger partial charge in [0, 0.05) is 25.3 Å². The molecular formula is C17H26N2. The van der Waals surface area contributed by atoms with E-state index in [-0.39, 0.29) is 0 Å². The van der Waals surface area contributed by atoms with Gasteiger partial charge in [-0.1, -0.05) is 17.7 Å². The molecule has 2 nitrogen and oxygen atoms in total. The van der Waals surface area contributed by atoms with Crippen molar-refractivity contribution >= 4 is 5.69 Å². The summed E-state index contributed by atoms with van der Waals surface area (Å²) in [4.78, 5) is 2.62. The van der Waals surface area contributed by atoms with Gasteiger partial charge in [0.05, 0.1) is 0 Å². The summed E-state index contributed by atoms with van der Waals surface area (Å²) in [6.07, 6.45) is 6.78. The molecule has 2 saturated heterocycles. The second-order valence-corrected chi connectivity index (χ2v) is 6.15. The number of nitrogens with one attached hydrogen (secondary N) is 1. The topological polar surface area (TPSA) is 15.3 Å². The molecule has 2 aliphatic rings. The zero-order valence-corrected chi connectivity index (χ0v) is 12.1. The van der Waals surface area contributed by atoms with E-state index in [0.717, 1.165) is 6.54 Å². The molecule has 1 aromatic carbocycles. The molecule has 19 heavy (non-hydrogen) atoms. The highest BCUT2D eigenvalue weighted by atomic mass is 15.1. The van der Waals surface area contributed by atoms with Crippen molar-refractivity contribution in [2.75, 3.05) is 31.1 Å². The summed E-state index contributed by atoms with van der Waals surface area (Å²) in [6.45, 7) is 7.07. The fraction of sp³-hybridized carbons (Fsp3) is 0.647. The van der Waals surface area contributed by atoms with Crippen LogP contribution in [0, 0.1) is 6.92 Å². The molecule has 1 N–H and O–H groups in total. The SMILES string of the molecule is Cc1ccc(N2CCCCC2)c(C2CCCNC2)c1. The summed E-state index contributed by atoms with van der Waals surface area (Å²) in [5.74, 6) is 0.713. The minimum absolute atomic E-state index is 0.713. The Bertz CT molecular complexity index is 415. The highest BCUT2D eigenvalue weighted by Crippen LogP contribution is 2.33. The van der Waals surface area contributed by atoms with Gasteiger partial charge in [0.1, 0.15) is 0 Å². The monoisotopic (exact) mass is 258 g/mol. The van der Waals surface area contributed by atoms with Gasteiger partial charge in [-0.2, -0.15) is 0 Å². The Morgan fingerprint density at radius 2 is 1.95 bits per heavy atom. The fourth-order valence-electron chi connectivity index (χ4n) is 3.54. The Kier molecular flexibility index (Phi) is 4.07. The van der Waals surface area contributed by atoms with E-state index in [0.29, 0.717) is 5.92 Å². The highest BCUT2D eigenvalue weighted by Gasteiger charge is 2.21. The summed E-state index contributed by atoms with van der Waals surface area (Å²) in [6, 6.07) is 7.08. The largest absolute Gasteiger partial charge is 0.371 e. The van der Waals surface area contributed by atoms with Crippen LogP contribution in [0.4, 0.5) is 5.69 Å². The summed E-state index contributed by atoms with van der Waals surface area (Å²) in [5.41, 5.74) is 4.51. The minimum atomic E-state index is 0.713. The first kappa shape index (κ1) is 13.0. The van der Waals surface area contributed by atoms with Crippen LogP contribution in [0.5, 0.6) is 0 Å². The Morgan fingerprint density at radius 3 is 2.68 bits per heavy atom. The van der Waals surface area contributed by atoms with Gasteiger partial charge >= 0.3 is 0 Å². The van der Waals surface area contributed by atoms with Crippen LogP contribution in [0.25, 0.3) is 0 Å². The zero-order chi connectivity index (χ0) is 13.1. The summed E-state index contributed by atoms with van der Waals surface area (Å²) in [5, 5.41) is 3.56. The van der Waals surface area contributed by atoms with Crippen LogP contribution in [-0.4, -0.2) is 26.2 Å². The number of piperidine rings is 2. The number of nitrogens with zero attached hydrogens (tertiary/aromatic N) is 1. The van der Waals surface area contributed by atoms with E-state index >= 15 is 0 Å². The normalized spacial score (nSPS) is 24.5. The standard InChI is InChI=1S/C17H26N2/c1-14-7-8-17(19-10-3-2-4-11-19)16(12-14)15-6-5-9-18-13-15/h7-8,12,15,18H,2-6,9-11,13H2,1H3. The summed E-state index contributed by atoms with van der Waals surface area (Å²) in [7, 11) is 0. The fourth-order valence-corrected chi connectivity index (χ4v) is 3.54. The Labute approximate surface area is 117 Å². The maximum absolute atomic E-state index is 3.56. The second-order valence-electron chi connectivity index (χ2n) is 6.15. The van der Waals surface area contributed by atoms with Crippen molar-refractivity contribution in [2.24, 2.45) is 0 Å². The predicted octanol–water partition coefficient (Wildman–Crippen LogP) is 3.45. The number of benzene rings is 1. The van der Waals surface area contributed by atoms with Gasteiger partial charge in [-0.15, -0.1) is 0 Å².